The summed E-state index contributed by atoms with van der Waals surface area (Å²) in [5, 5.41) is 4.77. The molecule has 4 heterocycles. The van der Waals surface area contributed by atoms with E-state index >= 15 is 0 Å². The van der Waals surface area contributed by atoms with Crippen molar-refractivity contribution in [3.63, 3.8) is 0 Å². The highest BCUT2D eigenvalue weighted by atomic mass is 15.1. The van der Waals surface area contributed by atoms with E-state index in [4.69, 9.17) is 9.97 Å². The van der Waals surface area contributed by atoms with Crippen LogP contribution < -0.4 is 0 Å². The summed E-state index contributed by atoms with van der Waals surface area (Å²) >= 11 is 0. The van der Waals surface area contributed by atoms with Crippen LogP contribution in [0.3, 0.4) is 0 Å². The second kappa shape index (κ2) is 15.0. The van der Waals surface area contributed by atoms with E-state index in [-0.39, 0.29) is 10.8 Å². The largest absolute Gasteiger partial charge is 0.354 e. The Morgan fingerprint density at radius 2 is 1.17 bits per heavy atom. The normalized spacial score (nSPS) is 12.3. The molecule has 5 nitrogen and oxygen atoms in total. The molecule has 0 atom stereocenters. The first-order valence-electron chi connectivity index (χ1n) is 22.9. The van der Waals surface area contributed by atoms with Gasteiger partial charge in [-0.25, -0.2) is 9.97 Å². The average molecular weight is 852 g/mol. The number of benzene rings is 8. The minimum Gasteiger partial charge on any atom is -0.354 e. The summed E-state index contributed by atoms with van der Waals surface area (Å²) in [4.78, 5) is 14.6. The van der Waals surface area contributed by atoms with Gasteiger partial charge in [0.05, 0.1) is 27.6 Å². The molecule has 0 radical (unpaired) electrons. The maximum absolute atomic E-state index is 5.76. The minimum atomic E-state index is -0.336. The Hall–Kier alpha value is -8.02. The number of imidazole rings is 1. The van der Waals surface area contributed by atoms with Crippen LogP contribution >= 0.6 is 0 Å². The van der Waals surface area contributed by atoms with E-state index in [0.29, 0.717) is 0 Å². The maximum atomic E-state index is 5.76. The minimum absolute atomic E-state index is 0.0158. The van der Waals surface area contributed by atoms with E-state index in [1.165, 1.54) is 38.2 Å². The lowest BCUT2D eigenvalue weighted by molar-refractivity contribution is 0.591. The molecule has 0 aliphatic rings. The summed E-state index contributed by atoms with van der Waals surface area (Å²) in [5.74, 6) is 1.76. The van der Waals surface area contributed by atoms with Crippen molar-refractivity contribution in [3.8, 4) is 45.1 Å². The fraction of sp³-hybridized carbons (Fsp3) is 0.115. The number of nitrogens with zero attached hydrogens (tertiary/aromatic N) is 4. The molecule has 0 saturated heterocycles. The third-order valence-electron chi connectivity index (χ3n) is 13.8. The monoisotopic (exact) mass is 851 g/mol. The lowest BCUT2D eigenvalue weighted by Crippen LogP contribution is -2.19. The molecule has 12 rings (SSSR count). The number of fused-ring (bicyclic) bond motifs is 7. The first kappa shape index (κ1) is 39.6. The van der Waals surface area contributed by atoms with E-state index in [1.54, 1.807) is 0 Å². The lowest BCUT2D eigenvalue weighted by atomic mass is 9.77. The molecule has 0 saturated carbocycles. The topological polar surface area (TPSA) is 51.4 Å². The molecular weight excluding hydrogens is 803 g/mol. The fourth-order valence-corrected chi connectivity index (χ4v) is 10.1. The number of aromatic nitrogens is 5. The van der Waals surface area contributed by atoms with Gasteiger partial charge in [0.25, 0.3) is 0 Å². The van der Waals surface area contributed by atoms with E-state index in [0.717, 1.165) is 78.2 Å². The molecule has 0 fully saturated rings. The molecule has 0 unspecified atom stereocenters. The Morgan fingerprint density at radius 3 is 1.95 bits per heavy atom. The van der Waals surface area contributed by atoms with Gasteiger partial charge >= 0.3 is 0 Å². The Kier molecular flexibility index (Phi) is 9.01. The molecular formula is C61H49N5. The third kappa shape index (κ3) is 6.37. The second-order valence-electron chi connectivity index (χ2n) is 19.2. The SMILES string of the molecule is CC(C)(C)c1ccc2c(c1)c1ccc(-c3cc(C(C)(C)c4ccccc4)cc4c3nc(-c3cccc5c3[nH]c3ccccc35)n4-c3ccccc3)cc1n2-c1cc(-c2ccccc2)ccn1. The van der Waals surface area contributed by atoms with Crippen LogP contribution in [0.2, 0.25) is 0 Å². The number of rotatable bonds is 7. The van der Waals surface area contributed by atoms with Crippen molar-refractivity contribution in [2.75, 3.05) is 0 Å². The second-order valence-corrected chi connectivity index (χ2v) is 19.2. The number of hydrogen-bond donors (Lipinski definition) is 1. The van der Waals surface area contributed by atoms with E-state index in [2.05, 4.69) is 243 Å². The van der Waals surface area contributed by atoms with Gasteiger partial charge in [0.1, 0.15) is 11.6 Å². The quantitative estimate of drug-likeness (QED) is 0.174. The molecule has 8 aromatic carbocycles. The summed E-state index contributed by atoms with van der Waals surface area (Å²) in [6.07, 6.45) is 1.94. The molecule has 318 valence electrons. The van der Waals surface area contributed by atoms with Crippen LogP contribution in [0.1, 0.15) is 51.3 Å². The van der Waals surface area contributed by atoms with Crippen molar-refractivity contribution in [2.24, 2.45) is 0 Å². The van der Waals surface area contributed by atoms with Crippen molar-refractivity contribution < 1.29 is 0 Å². The molecule has 0 aliphatic carbocycles. The molecule has 5 heteroatoms. The number of H-pyrrole nitrogens is 1. The summed E-state index contributed by atoms with van der Waals surface area (Å²) in [5.41, 5.74) is 16.3. The van der Waals surface area contributed by atoms with Gasteiger partial charge in [-0.15, -0.1) is 0 Å². The van der Waals surface area contributed by atoms with Gasteiger partial charge in [0, 0.05) is 55.5 Å². The number of aromatic amines is 1. The molecule has 66 heavy (non-hydrogen) atoms. The molecule has 0 amide bonds. The molecule has 4 aromatic heterocycles. The highest BCUT2D eigenvalue weighted by Gasteiger charge is 2.29. The molecule has 0 aliphatic heterocycles. The van der Waals surface area contributed by atoms with Crippen LogP contribution in [0.15, 0.2) is 200 Å². The smallest absolute Gasteiger partial charge is 0.147 e. The Bertz CT molecular complexity index is 3810. The van der Waals surface area contributed by atoms with Crippen LogP contribution in [-0.2, 0) is 10.8 Å². The number of hydrogen-bond acceptors (Lipinski definition) is 2. The number of pyridine rings is 1. The number of nitrogens with one attached hydrogen (secondary N) is 1. The van der Waals surface area contributed by atoms with Gasteiger partial charge in [0.15, 0.2) is 0 Å². The van der Waals surface area contributed by atoms with Crippen molar-refractivity contribution >= 4 is 54.6 Å². The molecule has 1 N–H and O–H groups in total. The van der Waals surface area contributed by atoms with Crippen LogP contribution in [0.25, 0.3) is 99.8 Å². The van der Waals surface area contributed by atoms with Crippen LogP contribution in [0.4, 0.5) is 0 Å². The summed E-state index contributed by atoms with van der Waals surface area (Å²) in [6.45, 7) is 11.5. The van der Waals surface area contributed by atoms with E-state index < -0.39 is 0 Å². The highest BCUT2D eigenvalue weighted by Crippen LogP contribution is 2.44. The Labute approximate surface area is 384 Å². The van der Waals surface area contributed by atoms with Crippen molar-refractivity contribution in [1.82, 2.24) is 24.1 Å². The highest BCUT2D eigenvalue weighted by molar-refractivity contribution is 6.13. The molecule has 0 spiro atoms. The predicted molar refractivity (Wildman–Crippen MR) is 276 cm³/mol. The molecule has 12 aromatic rings. The van der Waals surface area contributed by atoms with Gasteiger partial charge in [-0.05, 0) is 106 Å². The third-order valence-corrected chi connectivity index (χ3v) is 13.8. The molecule has 0 bridgehead atoms. The van der Waals surface area contributed by atoms with Gasteiger partial charge in [0.2, 0.25) is 0 Å². The standard InChI is InChI=1S/C61H49N5/c1-60(2,3)43-29-31-53-51(36-43)47-30-28-41(34-54(47)66(53)56-35-40(32-33-62-56)39-18-9-6-10-19-39)50-37-44(61(4,5)42-20-11-7-12-21-42)38-55-58(50)64-59(65(55)45-22-13-8-14-23-45)49-26-17-25-48-46-24-15-16-27-52(46)63-57(48)49/h6-38,63H,1-5H3. The Morgan fingerprint density at radius 1 is 0.439 bits per heavy atom. The fourth-order valence-electron chi connectivity index (χ4n) is 10.1. The number of para-hydroxylation sites is 3. The van der Waals surface area contributed by atoms with Crippen molar-refractivity contribution in [1.29, 1.82) is 0 Å². The lowest BCUT2D eigenvalue weighted by Gasteiger charge is -2.27. The van der Waals surface area contributed by atoms with Crippen LogP contribution in [0.5, 0.6) is 0 Å². The van der Waals surface area contributed by atoms with Crippen molar-refractivity contribution in [3.05, 3.63) is 217 Å². The summed E-state index contributed by atoms with van der Waals surface area (Å²) < 4.78 is 4.72. The van der Waals surface area contributed by atoms with Gasteiger partial charge < -0.3 is 4.98 Å². The van der Waals surface area contributed by atoms with E-state index in [9.17, 15) is 0 Å². The predicted octanol–water partition coefficient (Wildman–Crippen LogP) is 15.8. The van der Waals surface area contributed by atoms with Crippen molar-refractivity contribution in [2.45, 2.75) is 45.4 Å². The zero-order valence-corrected chi connectivity index (χ0v) is 37.8. The summed E-state index contributed by atoms with van der Waals surface area (Å²) in [7, 11) is 0. The first-order valence-corrected chi connectivity index (χ1v) is 22.9. The van der Waals surface area contributed by atoms with Gasteiger partial charge in [-0.1, -0.05) is 162 Å². The van der Waals surface area contributed by atoms with Crippen LogP contribution in [0, 0.1) is 0 Å². The van der Waals surface area contributed by atoms with Gasteiger partial charge in [-0.3, -0.25) is 9.13 Å². The van der Waals surface area contributed by atoms with Gasteiger partial charge in [-0.2, -0.15) is 0 Å². The first-order chi connectivity index (χ1) is 32.1. The zero-order valence-electron chi connectivity index (χ0n) is 37.8. The van der Waals surface area contributed by atoms with Crippen LogP contribution in [-0.4, -0.2) is 24.1 Å². The van der Waals surface area contributed by atoms with E-state index in [1.807, 2.05) is 6.20 Å². The zero-order chi connectivity index (χ0) is 44.7. The Balaban J connectivity index is 1.17. The summed E-state index contributed by atoms with van der Waals surface area (Å²) in [6, 6.07) is 70.3. The average Bonchev–Trinajstić information content (AvgIpc) is 4.04. The maximum Gasteiger partial charge on any atom is 0.147 e.